The molecule has 0 radical (unpaired) electrons. The van der Waals surface area contributed by atoms with E-state index < -0.39 is 0 Å². The van der Waals surface area contributed by atoms with Crippen molar-refractivity contribution in [1.29, 1.82) is 0 Å². The van der Waals surface area contributed by atoms with E-state index in [1.165, 1.54) is 19.3 Å². The fraction of sp³-hybridized carbons (Fsp3) is 0.636. The molecule has 0 aromatic carbocycles. The highest BCUT2D eigenvalue weighted by Crippen LogP contribution is 2.56. The molecule has 0 N–H and O–H groups in total. The Labute approximate surface area is 69.0 Å². The van der Waals surface area contributed by atoms with Crippen LogP contribution in [0.2, 0.25) is 0 Å². The van der Waals surface area contributed by atoms with Gasteiger partial charge in [0.05, 0.1) is 0 Å². The van der Waals surface area contributed by atoms with Gasteiger partial charge in [-0.3, -0.25) is 0 Å². The molecule has 0 heterocycles. The van der Waals surface area contributed by atoms with Gasteiger partial charge in [-0.25, -0.2) is 0 Å². The summed E-state index contributed by atoms with van der Waals surface area (Å²) in [6.45, 7) is 4.74. The molecular formula is C11H16. The van der Waals surface area contributed by atoms with E-state index in [1.54, 1.807) is 5.57 Å². The molecule has 2 aliphatic rings. The number of rotatable bonds is 1. The van der Waals surface area contributed by atoms with Gasteiger partial charge in [0.25, 0.3) is 0 Å². The van der Waals surface area contributed by atoms with Crippen LogP contribution in [-0.2, 0) is 0 Å². The van der Waals surface area contributed by atoms with E-state index in [4.69, 9.17) is 0 Å². The van der Waals surface area contributed by atoms with Gasteiger partial charge in [0.15, 0.2) is 0 Å². The normalized spacial score (nSPS) is 33.3. The van der Waals surface area contributed by atoms with Gasteiger partial charge in [0.1, 0.15) is 0 Å². The van der Waals surface area contributed by atoms with Gasteiger partial charge in [-0.1, -0.05) is 37.6 Å². The number of hydrogen-bond acceptors (Lipinski definition) is 0. The Balaban J connectivity index is 2.07. The highest BCUT2D eigenvalue weighted by molar-refractivity contribution is 5.26. The monoisotopic (exact) mass is 148 g/mol. The van der Waals surface area contributed by atoms with Crippen LogP contribution in [0.3, 0.4) is 0 Å². The topological polar surface area (TPSA) is 0 Å². The molecule has 0 saturated heterocycles. The summed E-state index contributed by atoms with van der Waals surface area (Å²) in [5, 5.41) is 0. The number of allylic oxidation sites excluding steroid dienone is 4. The van der Waals surface area contributed by atoms with Gasteiger partial charge in [-0.2, -0.15) is 0 Å². The van der Waals surface area contributed by atoms with E-state index in [0.29, 0.717) is 5.41 Å². The van der Waals surface area contributed by atoms with Crippen molar-refractivity contribution < 1.29 is 0 Å². The first kappa shape index (κ1) is 7.15. The average Bonchev–Trinajstić information content (AvgIpc) is 2.62. The average molecular weight is 148 g/mol. The minimum absolute atomic E-state index is 0.622. The third kappa shape index (κ3) is 1.26. The van der Waals surface area contributed by atoms with E-state index in [2.05, 4.69) is 32.1 Å². The van der Waals surface area contributed by atoms with E-state index >= 15 is 0 Å². The third-order valence-electron chi connectivity index (χ3n) is 3.01. The van der Waals surface area contributed by atoms with Crippen LogP contribution in [0.1, 0.15) is 33.1 Å². The van der Waals surface area contributed by atoms with Gasteiger partial charge in [0.2, 0.25) is 0 Å². The van der Waals surface area contributed by atoms with Gasteiger partial charge < -0.3 is 0 Å². The van der Waals surface area contributed by atoms with E-state index in [1.807, 2.05) is 0 Å². The molecule has 0 aliphatic heterocycles. The molecule has 0 spiro atoms. The molecule has 2 aliphatic carbocycles. The van der Waals surface area contributed by atoms with Crippen molar-refractivity contribution >= 4 is 0 Å². The van der Waals surface area contributed by atoms with Crippen molar-refractivity contribution in [3.63, 3.8) is 0 Å². The lowest BCUT2D eigenvalue weighted by molar-refractivity contribution is 0.586. The van der Waals surface area contributed by atoms with E-state index in [9.17, 15) is 0 Å². The summed E-state index contributed by atoms with van der Waals surface area (Å²) in [5.41, 5.74) is 2.31. The van der Waals surface area contributed by atoms with Crippen molar-refractivity contribution in [3.8, 4) is 0 Å². The van der Waals surface area contributed by atoms with Gasteiger partial charge in [0, 0.05) is 0 Å². The second-order valence-corrected chi connectivity index (χ2v) is 4.45. The molecule has 0 heteroatoms. The predicted molar refractivity (Wildman–Crippen MR) is 48.3 cm³/mol. The molecule has 0 aromatic heterocycles. The molecule has 60 valence electrons. The summed E-state index contributed by atoms with van der Waals surface area (Å²) in [6, 6.07) is 0. The van der Waals surface area contributed by atoms with Crippen LogP contribution in [0, 0.1) is 11.3 Å². The Morgan fingerprint density at radius 2 is 2.18 bits per heavy atom. The maximum atomic E-state index is 2.37. The third-order valence-corrected chi connectivity index (χ3v) is 3.01. The molecule has 1 unspecified atom stereocenters. The molecule has 0 nitrogen and oxygen atoms in total. The zero-order valence-electron chi connectivity index (χ0n) is 7.43. The molecule has 1 atom stereocenters. The first-order chi connectivity index (χ1) is 5.20. The Hall–Kier alpha value is -0.520. The summed E-state index contributed by atoms with van der Waals surface area (Å²) in [7, 11) is 0. The molecule has 2 rings (SSSR count). The molecule has 1 fully saturated rings. The van der Waals surface area contributed by atoms with Crippen LogP contribution in [-0.4, -0.2) is 0 Å². The van der Waals surface area contributed by atoms with Crippen LogP contribution in [0.4, 0.5) is 0 Å². The van der Waals surface area contributed by atoms with Crippen LogP contribution in [0.25, 0.3) is 0 Å². The van der Waals surface area contributed by atoms with E-state index in [-0.39, 0.29) is 0 Å². The Morgan fingerprint density at radius 3 is 2.64 bits per heavy atom. The van der Waals surface area contributed by atoms with Crippen molar-refractivity contribution in [2.75, 3.05) is 0 Å². The highest BCUT2D eigenvalue weighted by atomic mass is 14.5. The molecule has 0 bridgehead atoms. The number of hydrogen-bond donors (Lipinski definition) is 0. The van der Waals surface area contributed by atoms with E-state index in [0.717, 1.165) is 5.92 Å². The largest absolute Gasteiger partial charge is 0.0842 e. The van der Waals surface area contributed by atoms with Crippen LogP contribution < -0.4 is 0 Å². The summed E-state index contributed by atoms with van der Waals surface area (Å²) >= 11 is 0. The molecule has 11 heavy (non-hydrogen) atoms. The minimum Gasteiger partial charge on any atom is -0.0842 e. The fourth-order valence-electron chi connectivity index (χ4n) is 2.01. The van der Waals surface area contributed by atoms with Crippen molar-refractivity contribution in [1.82, 2.24) is 0 Å². The van der Waals surface area contributed by atoms with Crippen LogP contribution in [0.5, 0.6) is 0 Å². The van der Waals surface area contributed by atoms with Gasteiger partial charge in [-0.05, 0) is 30.6 Å². The predicted octanol–water partition coefficient (Wildman–Crippen LogP) is 3.31. The van der Waals surface area contributed by atoms with Gasteiger partial charge in [-0.15, -0.1) is 0 Å². The minimum atomic E-state index is 0.622. The second-order valence-electron chi connectivity index (χ2n) is 4.45. The lowest BCUT2D eigenvalue weighted by Crippen LogP contribution is -1.96. The van der Waals surface area contributed by atoms with Crippen LogP contribution >= 0.6 is 0 Å². The summed E-state index contributed by atoms with van der Waals surface area (Å²) in [6.07, 6.45) is 10.8. The lowest BCUT2D eigenvalue weighted by atomic mass is 9.96. The first-order valence-electron chi connectivity index (χ1n) is 4.56. The summed E-state index contributed by atoms with van der Waals surface area (Å²) < 4.78 is 0. The summed E-state index contributed by atoms with van der Waals surface area (Å²) in [5.74, 6) is 0.910. The lowest BCUT2D eigenvalue weighted by Gasteiger charge is -2.09. The quantitative estimate of drug-likeness (QED) is 0.535. The smallest absolute Gasteiger partial charge is 0.0143 e. The standard InChI is InChI=1S/C11H16/c1-11(2)8-10(11)9-6-4-3-5-7-9/h3-4,6,10H,5,7-8H2,1-2H3. The zero-order valence-corrected chi connectivity index (χ0v) is 7.43. The highest BCUT2D eigenvalue weighted by Gasteiger charge is 2.47. The summed E-state index contributed by atoms with van der Waals surface area (Å²) in [4.78, 5) is 0. The Morgan fingerprint density at radius 1 is 1.45 bits per heavy atom. The Kier molecular flexibility index (Phi) is 1.45. The van der Waals surface area contributed by atoms with Crippen LogP contribution in [0.15, 0.2) is 23.8 Å². The molecule has 0 aromatic rings. The fourth-order valence-corrected chi connectivity index (χ4v) is 2.01. The SMILES string of the molecule is CC1(C)CC1C1=CC=CCC1. The zero-order chi connectivity index (χ0) is 7.90. The molecular weight excluding hydrogens is 132 g/mol. The van der Waals surface area contributed by atoms with Crippen molar-refractivity contribution in [3.05, 3.63) is 23.8 Å². The maximum absolute atomic E-state index is 2.37. The molecule has 0 amide bonds. The molecule has 1 saturated carbocycles. The van der Waals surface area contributed by atoms with Crippen molar-refractivity contribution in [2.45, 2.75) is 33.1 Å². The maximum Gasteiger partial charge on any atom is -0.0143 e. The second kappa shape index (κ2) is 2.23. The van der Waals surface area contributed by atoms with Crippen molar-refractivity contribution in [2.24, 2.45) is 11.3 Å². The van der Waals surface area contributed by atoms with Gasteiger partial charge >= 0.3 is 0 Å². The Bertz CT molecular complexity index is 218. The first-order valence-corrected chi connectivity index (χ1v) is 4.56.